The molecule has 14 heteroatoms. The van der Waals surface area contributed by atoms with Crippen LogP contribution >= 0.6 is 23.2 Å². The van der Waals surface area contributed by atoms with E-state index < -0.39 is 23.3 Å². The number of fused-ring (bicyclic) bond motifs is 1. The van der Waals surface area contributed by atoms with Gasteiger partial charge in [-0.3, -0.25) is 4.79 Å². The number of piperidine rings is 1. The number of halogens is 5. The number of aromatic nitrogens is 5. The number of alkyl halides is 3. The van der Waals surface area contributed by atoms with Gasteiger partial charge in [0.1, 0.15) is 5.82 Å². The van der Waals surface area contributed by atoms with E-state index >= 15 is 0 Å². The molecule has 1 aromatic carbocycles. The second-order valence-electron chi connectivity index (χ2n) is 10.8. The summed E-state index contributed by atoms with van der Waals surface area (Å²) in [6, 6.07) is 9.98. The number of Topliss-reactive ketones (excluding diaryl/α,β-unsaturated/α-hetero) is 1. The highest BCUT2D eigenvalue weighted by atomic mass is 35.5. The molecule has 4 heterocycles. The molecule has 0 spiro atoms. The van der Waals surface area contributed by atoms with Crippen molar-refractivity contribution in [3.05, 3.63) is 63.5 Å². The Morgan fingerprint density at radius 2 is 1.84 bits per heavy atom. The van der Waals surface area contributed by atoms with Gasteiger partial charge in [0.2, 0.25) is 5.95 Å². The number of carbonyl (C=O) groups is 1. The van der Waals surface area contributed by atoms with Gasteiger partial charge in [0.15, 0.2) is 11.5 Å². The molecule has 9 nitrogen and oxygen atoms in total. The van der Waals surface area contributed by atoms with E-state index in [1.54, 1.807) is 22.7 Å². The normalized spacial score (nSPS) is 15.0. The fourth-order valence-electron chi connectivity index (χ4n) is 5.17. The second-order valence-corrected chi connectivity index (χ2v) is 11.7. The summed E-state index contributed by atoms with van der Waals surface area (Å²) in [5.41, 5.74) is 7.39. The van der Waals surface area contributed by atoms with E-state index in [0.29, 0.717) is 64.0 Å². The number of rotatable bonds is 9. The molecule has 228 valence electrons. The fourth-order valence-corrected chi connectivity index (χ4v) is 5.68. The summed E-state index contributed by atoms with van der Waals surface area (Å²) < 4.78 is 40.1. The predicted molar refractivity (Wildman–Crippen MR) is 161 cm³/mol. The average molecular weight is 636 g/mol. The highest BCUT2D eigenvalue weighted by Gasteiger charge is 2.40. The van der Waals surface area contributed by atoms with Gasteiger partial charge in [-0.25, -0.2) is 15.0 Å². The molecular formula is C29H31Cl2F3N8O. The number of nitrogens with one attached hydrogen (secondary N) is 1. The quantitative estimate of drug-likeness (QED) is 0.159. The Morgan fingerprint density at radius 3 is 2.49 bits per heavy atom. The van der Waals surface area contributed by atoms with E-state index in [0.717, 1.165) is 37.8 Å². The van der Waals surface area contributed by atoms with E-state index in [9.17, 15) is 18.0 Å². The standard InChI is InChI=1S/C29H31Cl2F3N8O/c1-16(2)41-12-9-17(10-13-41)27-39-24-15-23(20-7-5-18(30)14-22(20)31)38-28(42(24)40-27)36-11-3-4-19-6-8-21(26(35)37-19)25(43)29(32,33)34/h5-8,14-17H,3-4,9-13H2,1-2H3,(H2,35,37)(H,36,38). The summed E-state index contributed by atoms with van der Waals surface area (Å²) in [6.07, 6.45) is -2.14. The molecule has 1 fully saturated rings. The van der Waals surface area contributed by atoms with Crippen molar-refractivity contribution in [2.24, 2.45) is 0 Å². The largest absolute Gasteiger partial charge is 0.455 e. The molecule has 0 radical (unpaired) electrons. The molecule has 3 aromatic heterocycles. The minimum Gasteiger partial charge on any atom is -0.383 e. The van der Waals surface area contributed by atoms with Gasteiger partial charge in [-0.2, -0.15) is 17.7 Å². The van der Waals surface area contributed by atoms with Gasteiger partial charge < -0.3 is 16.0 Å². The van der Waals surface area contributed by atoms with Crippen molar-refractivity contribution in [3.63, 3.8) is 0 Å². The number of likely N-dealkylation sites (tertiary alicyclic amines) is 1. The first-order valence-electron chi connectivity index (χ1n) is 14.0. The van der Waals surface area contributed by atoms with Crippen molar-refractivity contribution < 1.29 is 18.0 Å². The number of anilines is 2. The van der Waals surface area contributed by atoms with Gasteiger partial charge in [0.25, 0.3) is 5.78 Å². The first-order valence-corrected chi connectivity index (χ1v) is 14.7. The molecule has 0 saturated carbocycles. The number of hydrogen-bond donors (Lipinski definition) is 2. The number of ketones is 1. The Hall–Kier alpha value is -3.48. The molecule has 1 aliphatic heterocycles. The van der Waals surface area contributed by atoms with E-state index in [-0.39, 0.29) is 5.92 Å². The lowest BCUT2D eigenvalue weighted by Crippen LogP contribution is -2.38. The summed E-state index contributed by atoms with van der Waals surface area (Å²) in [5, 5.41) is 9.10. The zero-order valence-electron chi connectivity index (χ0n) is 23.6. The van der Waals surface area contributed by atoms with E-state index in [2.05, 4.69) is 29.0 Å². The van der Waals surface area contributed by atoms with Crippen LogP contribution in [0, 0.1) is 0 Å². The van der Waals surface area contributed by atoms with Crippen molar-refractivity contribution in [2.45, 2.75) is 57.7 Å². The highest BCUT2D eigenvalue weighted by Crippen LogP contribution is 2.32. The van der Waals surface area contributed by atoms with Gasteiger partial charge in [-0.05, 0) is 83.0 Å². The fraction of sp³-hybridized carbons (Fsp3) is 0.414. The van der Waals surface area contributed by atoms with Crippen molar-refractivity contribution in [3.8, 4) is 11.3 Å². The smallest absolute Gasteiger partial charge is 0.383 e. The Morgan fingerprint density at radius 1 is 1.09 bits per heavy atom. The van der Waals surface area contributed by atoms with Crippen LogP contribution in [0.2, 0.25) is 10.0 Å². The molecule has 0 atom stereocenters. The molecule has 1 aliphatic rings. The second kappa shape index (κ2) is 12.6. The lowest BCUT2D eigenvalue weighted by Gasteiger charge is -2.33. The van der Waals surface area contributed by atoms with Gasteiger partial charge in [-0.15, -0.1) is 5.10 Å². The molecule has 0 amide bonds. The molecule has 0 unspecified atom stereocenters. The number of nitrogens with two attached hydrogens (primary N) is 1. The third-order valence-corrected chi connectivity index (χ3v) is 8.10. The number of carbonyl (C=O) groups excluding carboxylic acids is 1. The minimum absolute atomic E-state index is 0.231. The number of aryl methyl sites for hydroxylation is 1. The van der Waals surface area contributed by atoms with Crippen LogP contribution in [0.1, 0.15) is 60.9 Å². The Kier molecular flexibility index (Phi) is 9.10. The van der Waals surface area contributed by atoms with Crippen molar-refractivity contribution >= 4 is 46.4 Å². The third kappa shape index (κ3) is 7.02. The molecule has 0 bridgehead atoms. The summed E-state index contributed by atoms with van der Waals surface area (Å²) in [6.45, 7) is 6.80. The number of benzene rings is 1. The zero-order chi connectivity index (χ0) is 30.9. The maximum atomic E-state index is 12.8. The van der Waals surface area contributed by atoms with Crippen LogP contribution < -0.4 is 11.1 Å². The van der Waals surface area contributed by atoms with E-state index in [4.69, 9.17) is 44.0 Å². The maximum Gasteiger partial charge on any atom is 0.455 e. The lowest BCUT2D eigenvalue weighted by atomic mass is 9.95. The van der Waals surface area contributed by atoms with Gasteiger partial charge in [-0.1, -0.05) is 23.2 Å². The average Bonchev–Trinajstić information content (AvgIpc) is 3.39. The van der Waals surface area contributed by atoms with Crippen molar-refractivity contribution in [1.82, 2.24) is 29.5 Å². The van der Waals surface area contributed by atoms with Gasteiger partial charge >= 0.3 is 6.18 Å². The molecule has 1 saturated heterocycles. The third-order valence-electron chi connectivity index (χ3n) is 7.55. The number of nitrogen functional groups attached to an aromatic ring is 1. The number of pyridine rings is 1. The molecule has 4 aromatic rings. The first kappa shape index (κ1) is 31.0. The Balaban J connectivity index is 1.35. The highest BCUT2D eigenvalue weighted by molar-refractivity contribution is 6.36. The summed E-state index contributed by atoms with van der Waals surface area (Å²) in [7, 11) is 0. The van der Waals surface area contributed by atoms with Crippen LogP contribution in [0.25, 0.3) is 16.9 Å². The van der Waals surface area contributed by atoms with E-state index in [1.165, 1.54) is 6.07 Å². The molecule has 5 rings (SSSR count). The Labute approximate surface area is 256 Å². The van der Waals surface area contributed by atoms with Crippen LogP contribution in [0.5, 0.6) is 0 Å². The number of nitrogens with zero attached hydrogens (tertiary/aromatic N) is 6. The van der Waals surface area contributed by atoms with Gasteiger partial charge in [0.05, 0.1) is 16.3 Å². The summed E-state index contributed by atoms with van der Waals surface area (Å²) in [4.78, 5) is 27.7. The molecular weight excluding hydrogens is 604 g/mol. The maximum absolute atomic E-state index is 12.8. The minimum atomic E-state index is -5.02. The van der Waals surface area contributed by atoms with Crippen LogP contribution in [-0.4, -0.2) is 67.1 Å². The van der Waals surface area contributed by atoms with Crippen LogP contribution in [-0.2, 0) is 6.42 Å². The number of hydrogen-bond acceptors (Lipinski definition) is 8. The topological polar surface area (TPSA) is 114 Å². The first-order chi connectivity index (χ1) is 20.4. The molecule has 43 heavy (non-hydrogen) atoms. The lowest BCUT2D eigenvalue weighted by molar-refractivity contribution is -0.0884. The van der Waals surface area contributed by atoms with E-state index in [1.807, 2.05) is 6.07 Å². The van der Waals surface area contributed by atoms with Crippen LogP contribution in [0.15, 0.2) is 36.4 Å². The summed E-state index contributed by atoms with van der Waals surface area (Å²) >= 11 is 12.6. The Bertz CT molecular complexity index is 1630. The predicted octanol–water partition coefficient (Wildman–Crippen LogP) is 6.45. The molecule has 0 aliphatic carbocycles. The van der Waals surface area contributed by atoms with Crippen LogP contribution in [0.4, 0.5) is 24.9 Å². The zero-order valence-corrected chi connectivity index (χ0v) is 25.1. The monoisotopic (exact) mass is 634 g/mol. The SMILES string of the molecule is CC(C)N1CCC(c2nc3cc(-c4ccc(Cl)cc4Cl)nc(NCCCc4ccc(C(=O)C(F)(F)F)c(N)n4)n3n2)CC1. The van der Waals surface area contributed by atoms with Crippen LogP contribution in [0.3, 0.4) is 0 Å². The van der Waals surface area contributed by atoms with Gasteiger partial charge in [0, 0.05) is 40.9 Å². The van der Waals surface area contributed by atoms with Crippen molar-refractivity contribution in [2.75, 3.05) is 30.7 Å². The molecule has 3 N–H and O–H groups in total. The van der Waals surface area contributed by atoms with Crippen molar-refractivity contribution in [1.29, 1.82) is 0 Å². The summed E-state index contributed by atoms with van der Waals surface area (Å²) in [5.74, 6) is -0.998.